The van der Waals surface area contributed by atoms with Gasteiger partial charge in [-0.05, 0) is 65.4 Å². The highest BCUT2D eigenvalue weighted by molar-refractivity contribution is 9.11. The van der Waals surface area contributed by atoms with E-state index in [1.807, 2.05) is 37.3 Å². The second-order valence-electron chi connectivity index (χ2n) is 4.40. The minimum atomic E-state index is -0.237. The van der Waals surface area contributed by atoms with Gasteiger partial charge < -0.3 is 5.32 Å². The number of thiocarbonyl (C=S) groups is 1. The molecule has 2 aromatic carbocycles. The Morgan fingerprint density at radius 3 is 2.43 bits per heavy atom. The summed E-state index contributed by atoms with van der Waals surface area (Å²) in [5, 5.41) is 5.89. The Labute approximate surface area is 145 Å². The van der Waals surface area contributed by atoms with Crippen LogP contribution in [0.4, 0.5) is 5.69 Å². The smallest absolute Gasteiger partial charge is 0.257 e. The lowest BCUT2D eigenvalue weighted by atomic mass is 10.1. The summed E-state index contributed by atoms with van der Waals surface area (Å²) in [6.45, 7) is 1.97. The summed E-state index contributed by atoms with van der Waals surface area (Å²) in [5.74, 6) is -0.237. The number of aryl methyl sites for hydroxylation is 1. The Morgan fingerprint density at radius 1 is 1.10 bits per heavy atom. The average molecular weight is 428 g/mol. The van der Waals surface area contributed by atoms with Crippen molar-refractivity contribution in [1.29, 1.82) is 0 Å². The Bertz CT molecular complexity index is 687. The lowest BCUT2D eigenvalue weighted by molar-refractivity contribution is 0.0978. The van der Waals surface area contributed by atoms with Crippen molar-refractivity contribution in [2.45, 2.75) is 6.92 Å². The van der Waals surface area contributed by atoms with Gasteiger partial charge in [0, 0.05) is 14.5 Å². The highest BCUT2D eigenvalue weighted by atomic mass is 79.9. The molecule has 0 radical (unpaired) electrons. The molecule has 0 aromatic heterocycles. The van der Waals surface area contributed by atoms with E-state index in [0.717, 1.165) is 20.2 Å². The van der Waals surface area contributed by atoms with E-state index in [9.17, 15) is 4.79 Å². The van der Waals surface area contributed by atoms with Crippen LogP contribution in [-0.4, -0.2) is 11.0 Å². The molecule has 0 unspecified atom stereocenters. The minimum absolute atomic E-state index is 0.237. The summed E-state index contributed by atoms with van der Waals surface area (Å²) in [6, 6.07) is 13.0. The zero-order valence-electron chi connectivity index (χ0n) is 11.1. The van der Waals surface area contributed by atoms with Gasteiger partial charge in [-0.2, -0.15) is 0 Å². The van der Waals surface area contributed by atoms with E-state index in [1.165, 1.54) is 0 Å². The van der Waals surface area contributed by atoms with E-state index in [2.05, 4.69) is 42.5 Å². The zero-order valence-corrected chi connectivity index (χ0v) is 15.1. The second-order valence-corrected chi connectivity index (χ2v) is 6.58. The molecule has 0 aliphatic rings. The second kappa shape index (κ2) is 7.15. The van der Waals surface area contributed by atoms with E-state index >= 15 is 0 Å². The minimum Gasteiger partial charge on any atom is -0.331 e. The number of carbonyl (C=O) groups is 1. The van der Waals surface area contributed by atoms with Crippen LogP contribution in [0, 0.1) is 6.92 Å². The molecule has 21 heavy (non-hydrogen) atoms. The summed E-state index contributed by atoms with van der Waals surface area (Å²) in [5.41, 5.74) is 2.45. The molecule has 3 nitrogen and oxygen atoms in total. The molecule has 0 bridgehead atoms. The van der Waals surface area contributed by atoms with Crippen LogP contribution >= 0.6 is 44.1 Å². The van der Waals surface area contributed by atoms with E-state index in [4.69, 9.17) is 12.2 Å². The van der Waals surface area contributed by atoms with Crippen molar-refractivity contribution in [2.24, 2.45) is 0 Å². The van der Waals surface area contributed by atoms with Crippen LogP contribution in [0.3, 0.4) is 0 Å². The molecule has 0 fully saturated rings. The van der Waals surface area contributed by atoms with Gasteiger partial charge in [-0.1, -0.05) is 33.6 Å². The summed E-state index contributed by atoms with van der Waals surface area (Å²) in [6.07, 6.45) is 0. The molecule has 0 atom stereocenters. The van der Waals surface area contributed by atoms with Crippen molar-refractivity contribution in [3.63, 3.8) is 0 Å². The maximum atomic E-state index is 12.0. The van der Waals surface area contributed by atoms with Crippen molar-refractivity contribution >= 4 is 60.8 Å². The third-order valence-electron chi connectivity index (χ3n) is 2.72. The van der Waals surface area contributed by atoms with Crippen molar-refractivity contribution < 1.29 is 4.79 Å². The van der Waals surface area contributed by atoms with Crippen molar-refractivity contribution in [2.75, 3.05) is 5.32 Å². The van der Waals surface area contributed by atoms with Crippen LogP contribution in [0.25, 0.3) is 0 Å². The Hall–Kier alpha value is -1.24. The Balaban J connectivity index is 2.03. The van der Waals surface area contributed by atoms with Crippen LogP contribution in [0.15, 0.2) is 51.4 Å². The van der Waals surface area contributed by atoms with Gasteiger partial charge in [0.05, 0.1) is 5.69 Å². The monoisotopic (exact) mass is 426 g/mol. The molecule has 2 aromatic rings. The zero-order chi connectivity index (χ0) is 15.4. The molecule has 0 aliphatic carbocycles. The van der Waals surface area contributed by atoms with Crippen molar-refractivity contribution in [3.05, 3.63) is 62.5 Å². The Kier molecular flexibility index (Phi) is 5.50. The van der Waals surface area contributed by atoms with Gasteiger partial charge in [0.15, 0.2) is 5.11 Å². The van der Waals surface area contributed by atoms with Crippen LogP contribution < -0.4 is 10.6 Å². The lowest BCUT2D eigenvalue weighted by Gasteiger charge is -2.11. The first kappa shape index (κ1) is 16.1. The van der Waals surface area contributed by atoms with Crippen LogP contribution in [0.1, 0.15) is 15.9 Å². The number of halogens is 2. The predicted molar refractivity (Wildman–Crippen MR) is 96.7 cm³/mol. The number of hydrogen-bond acceptors (Lipinski definition) is 2. The molecular formula is C15H12Br2N2OS. The third kappa shape index (κ3) is 4.62. The molecule has 2 rings (SSSR count). The van der Waals surface area contributed by atoms with Crippen LogP contribution in [0.2, 0.25) is 0 Å². The van der Waals surface area contributed by atoms with E-state index in [0.29, 0.717) is 5.56 Å². The number of amides is 1. The molecule has 6 heteroatoms. The molecule has 0 aliphatic heterocycles. The topological polar surface area (TPSA) is 41.1 Å². The lowest BCUT2D eigenvalue weighted by Crippen LogP contribution is -2.34. The molecule has 108 valence electrons. The molecule has 0 saturated carbocycles. The normalized spacial score (nSPS) is 10.0. The van der Waals surface area contributed by atoms with Gasteiger partial charge >= 0.3 is 0 Å². The molecule has 1 amide bonds. The molecule has 0 saturated heterocycles. The van der Waals surface area contributed by atoms with Gasteiger partial charge in [0.2, 0.25) is 0 Å². The summed E-state index contributed by atoms with van der Waals surface area (Å²) >= 11 is 12.0. The Morgan fingerprint density at radius 2 is 1.76 bits per heavy atom. The van der Waals surface area contributed by atoms with Gasteiger partial charge in [-0.3, -0.25) is 10.1 Å². The maximum absolute atomic E-state index is 12.0. The van der Waals surface area contributed by atoms with Crippen LogP contribution in [0.5, 0.6) is 0 Å². The largest absolute Gasteiger partial charge is 0.331 e. The fourth-order valence-electron chi connectivity index (χ4n) is 1.63. The number of nitrogens with one attached hydrogen (secondary N) is 2. The summed E-state index contributed by atoms with van der Waals surface area (Å²) < 4.78 is 1.78. The number of hydrogen-bond donors (Lipinski definition) is 2. The van der Waals surface area contributed by atoms with Gasteiger partial charge in [-0.25, -0.2) is 0 Å². The molecule has 2 N–H and O–H groups in total. The number of benzene rings is 2. The molecular weight excluding hydrogens is 416 g/mol. The fourth-order valence-corrected chi connectivity index (χ4v) is 2.54. The molecule has 0 heterocycles. The molecule has 0 spiro atoms. The quantitative estimate of drug-likeness (QED) is 0.685. The summed E-state index contributed by atoms with van der Waals surface area (Å²) in [7, 11) is 0. The SMILES string of the molecule is Cc1ccc(C(=O)NC(=S)Nc2cc(Br)ccc2Br)cc1. The first-order chi connectivity index (χ1) is 9.95. The van der Waals surface area contributed by atoms with Crippen LogP contribution in [-0.2, 0) is 0 Å². The highest BCUT2D eigenvalue weighted by Gasteiger charge is 2.09. The predicted octanol–water partition coefficient (Wildman–Crippen LogP) is 4.65. The summed E-state index contributed by atoms with van der Waals surface area (Å²) in [4.78, 5) is 12.0. The van der Waals surface area contributed by atoms with Gasteiger partial charge in [0.25, 0.3) is 5.91 Å². The van der Waals surface area contributed by atoms with Crippen molar-refractivity contribution in [1.82, 2.24) is 5.32 Å². The number of carbonyl (C=O) groups excluding carboxylic acids is 1. The maximum Gasteiger partial charge on any atom is 0.257 e. The average Bonchev–Trinajstić information content (AvgIpc) is 2.43. The van der Waals surface area contributed by atoms with E-state index in [-0.39, 0.29) is 11.0 Å². The number of rotatable bonds is 2. The van der Waals surface area contributed by atoms with Gasteiger partial charge in [0.1, 0.15) is 0 Å². The number of anilines is 1. The third-order valence-corrected chi connectivity index (χ3v) is 4.11. The first-order valence-electron chi connectivity index (χ1n) is 6.10. The first-order valence-corrected chi connectivity index (χ1v) is 8.09. The van der Waals surface area contributed by atoms with E-state index in [1.54, 1.807) is 12.1 Å². The van der Waals surface area contributed by atoms with Gasteiger partial charge in [-0.15, -0.1) is 0 Å². The van der Waals surface area contributed by atoms with Crippen molar-refractivity contribution in [3.8, 4) is 0 Å². The standard InChI is InChI=1S/C15H12Br2N2OS/c1-9-2-4-10(5-3-9)14(20)19-15(21)18-13-8-11(16)6-7-12(13)17/h2-8H,1H3,(H2,18,19,20,21). The van der Waals surface area contributed by atoms with E-state index < -0.39 is 0 Å². The fraction of sp³-hybridized carbons (Fsp3) is 0.0667. The highest BCUT2D eigenvalue weighted by Crippen LogP contribution is 2.26.